The highest BCUT2D eigenvalue weighted by molar-refractivity contribution is 5.66. The van der Waals surface area contributed by atoms with Crippen molar-refractivity contribution < 1.29 is 0 Å². The number of nitrogen functional groups attached to an aromatic ring is 1. The van der Waals surface area contributed by atoms with Crippen molar-refractivity contribution in [3.8, 4) is 0 Å². The lowest BCUT2D eigenvalue weighted by Crippen LogP contribution is -2.12. The third-order valence-corrected chi connectivity index (χ3v) is 3.80. The van der Waals surface area contributed by atoms with E-state index in [2.05, 4.69) is 24.4 Å². The molecule has 0 saturated heterocycles. The number of nitrogens with two attached hydrogens (primary N) is 1. The first kappa shape index (κ1) is 12.3. The van der Waals surface area contributed by atoms with Gasteiger partial charge in [-0.15, -0.1) is 0 Å². The first-order chi connectivity index (χ1) is 8.25. The number of hydrogen-bond acceptors (Lipinski definition) is 2. The number of nitrogens with one attached hydrogen (secondary N) is 1. The van der Waals surface area contributed by atoms with E-state index in [1.807, 2.05) is 6.07 Å². The maximum atomic E-state index is 5.95. The van der Waals surface area contributed by atoms with Crippen molar-refractivity contribution in [2.24, 2.45) is 5.92 Å². The van der Waals surface area contributed by atoms with Crippen molar-refractivity contribution in [2.75, 3.05) is 17.6 Å². The predicted molar refractivity (Wildman–Crippen MR) is 75.3 cm³/mol. The lowest BCUT2D eigenvalue weighted by Gasteiger charge is -2.22. The van der Waals surface area contributed by atoms with Crippen molar-refractivity contribution in [1.82, 2.24) is 0 Å². The Hall–Kier alpha value is -1.18. The molecule has 0 heterocycles. The molecule has 1 aliphatic carbocycles. The van der Waals surface area contributed by atoms with E-state index in [4.69, 9.17) is 5.73 Å². The largest absolute Gasteiger partial charge is 0.397 e. The van der Waals surface area contributed by atoms with Crippen molar-refractivity contribution >= 4 is 11.4 Å². The maximum Gasteiger partial charge on any atom is 0.0576 e. The Balaban J connectivity index is 1.79. The molecule has 1 aromatic rings. The van der Waals surface area contributed by atoms with Gasteiger partial charge in [-0.05, 0) is 37.0 Å². The molecule has 0 aliphatic heterocycles. The van der Waals surface area contributed by atoms with Gasteiger partial charge in [-0.1, -0.05) is 38.2 Å². The Morgan fingerprint density at radius 1 is 1.24 bits per heavy atom. The summed E-state index contributed by atoms with van der Waals surface area (Å²) in [7, 11) is 0. The van der Waals surface area contributed by atoms with E-state index in [0.29, 0.717) is 0 Å². The zero-order chi connectivity index (χ0) is 12.1. The summed E-state index contributed by atoms with van der Waals surface area (Å²) < 4.78 is 0. The lowest BCUT2D eigenvalue weighted by molar-refractivity contribution is 0.345. The van der Waals surface area contributed by atoms with Crippen molar-refractivity contribution in [3.05, 3.63) is 23.8 Å². The van der Waals surface area contributed by atoms with Crippen LogP contribution in [0.15, 0.2) is 18.2 Å². The van der Waals surface area contributed by atoms with E-state index in [1.54, 1.807) is 0 Å². The van der Waals surface area contributed by atoms with Crippen LogP contribution in [-0.2, 0) is 0 Å². The normalized spacial score (nSPS) is 17.0. The SMILES string of the molecule is Cc1ccc(N)c(NCCC2CCCCC2)c1. The number of benzene rings is 1. The summed E-state index contributed by atoms with van der Waals surface area (Å²) in [6.07, 6.45) is 8.42. The monoisotopic (exact) mass is 232 g/mol. The maximum absolute atomic E-state index is 5.95. The predicted octanol–water partition coefficient (Wildman–Crippen LogP) is 3.96. The summed E-state index contributed by atoms with van der Waals surface area (Å²) in [6.45, 7) is 3.16. The zero-order valence-electron chi connectivity index (χ0n) is 10.8. The summed E-state index contributed by atoms with van der Waals surface area (Å²) in [5.41, 5.74) is 9.17. The van der Waals surface area contributed by atoms with Gasteiger partial charge in [0.1, 0.15) is 0 Å². The molecular formula is C15H24N2. The smallest absolute Gasteiger partial charge is 0.0576 e. The summed E-state index contributed by atoms with van der Waals surface area (Å²) >= 11 is 0. The molecule has 2 rings (SSSR count). The van der Waals surface area contributed by atoms with Crippen LogP contribution in [0.25, 0.3) is 0 Å². The molecule has 0 unspecified atom stereocenters. The third kappa shape index (κ3) is 3.65. The molecule has 0 spiro atoms. The first-order valence-electron chi connectivity index (χ1n) is 6.86. The van der Waals surface area contributed by atoms with Gasteiger partial charge in [-0.2, -0.15) is 0 Å². The van der Waals surface area contributed by atoms with E-state index in [1.165, 1.54) is 44.1 Å². The van der Waals surface area contributed by atoms with Crippen molar-refractivity contribution in [3.63, 3.8) is 0 Å². The molecule has 0 aromatic heterocycles. The van der Waals surface area contributed by atoms with Gasteiger partial charge < -0.3 is 11.1 Å². The lowest BCUT2D eigenvalue weighted by atomic mass is 9.87. The minimum Gasteiger partial charge on any atom is -0.397 e. The average Bonchev–Trinajstić information content (AvgIpc) is 2.35. The van der Waals surface area contributed by atoms with Gasteiger partial charge >= 0.3 is 0 Å². The van der Waals surface area contributed by atoms with Crippen LogP contribution in [0.1, 0.15) is 44.1 Å². The van der Waals surface area contributed by atoms with E-state index in [9.17, 15) is 0 Å². The summed E-state index contributed by atoms with van der Waals surface area (Å²) in [6, 6.07) is 6.18. The van der Waals surface area contributed by atoms with Gasteiger partial charge in [-0.25, -0.2) is 0 Å². The van der Waals surface area contributed by atoms with E-state index >= 15 is 0 Å². The van der Waals surface area contributed by atoms with Crippen molar-refractivity contribution in [1.29, 1.82) is 0 Å². The second kappa shape index (κ2) is 5.95. The van der Waals surface area contributed by atoms with Crippen LogP contribution in [0.2, 0.25) is 0 Å². The van der Waals surface area contributed by atoms with Crippen LogP contribution in [0.4, 0.5) is 11.4 Å². The Labute approximate surface area is 105 Å². The number of hydrogen-bond donors (Lipinski definition) is 2. The fourth-order valence-corrected chi connectivity index (χ4v) is 2.71. The molecule has 0 atom stereocenters. The molecule has 2 heteroatoms. The highest BCUT2D eigenvalue weighted by atomic mass is 14.9. The summed E-state index contributed by atoms with van der Waals surface area (Å²) in [4.78, 5) is 0. The van der Waals surface area contributed by atoms with Crippen LogP contribution in [0.3, 0.4) is 0 Å². The van der Waals surface area contributed by atoms with Crippen LogP contribution in [0, 0.1) is 12.8 Å². The number of anilines is 2. The number of rotatable bonds is 4. The average molecular weight is 232 g/mol. The number of aryl methyl sites for hydroxylation is 1. The molecule has 1 aliphatic rings. The molecular weight excluding hydrogens is 208 g/mol. The molecule has 3 N–H and O–H groups in total. The molecule has 0 amide bonds. The topological polar surface area (TPSA) is 38.0 Å². The molecule has 1 saturated carbocycles. The fourth-order valence-electron chi connectivity index (χ4n) is 2.71. The Kier molecular flexibility index (Phi) is 4.29. The van der Waals surface area contributed by atoms with Gasteiger partial charge in [-0.3, -0.25) is 0 Å². The minimum absolute atomic E-state index is 0.860. The Morgan fingerprint density at radius 3 is 2.76 bits per heavy atom. The van der Waals surface area contributed by atoms with Crippen LogP contribution >= 0.6 is 0 Å². The molecule has 0 radical (unpaired) electrons. The second-order valence-corrected chi connectivity index (χ2v) is 5.31. The van der Waals surface area contributed by atoms with Crippen LogP contribution in [-0.4, -0.2) is 6.54 Å². The van der Waals surface area contributed by atoms with Gasteiger partial charge in [0.15, 0.2) is 0 Å². The Morgan fingerprint density at radius 2 is 2.00 bits per heavy atom. The van der Waals surface area contributed by atoms with Gasteiger partial charge in [0.2, 0.25) is 0 Å². The summed E-state index contributed by atoms with van der Waals surface area (Å²) in [5.74, 6) is 0.933. The Bertz CT molecular complexity index is 354. The molecule has 2 nitrogen and oxygen atoms in total. The summed E-state index contributed by atoms with van der Waals surface area (Å²) in [5, 5.41) is 3.48. The van der Waals surface area contributed by atoms with E-state index in [-0.39, 0.29) is 0 Å². The molecule has 1 fully saturated rings. The second-order valence-electron chi connectivity index (χ2n) is 5.31. The van der Waals surface area contributed by atoms with Crippen LogP contribution < -0.4 is 11.1 Å². The minimum atomic E-state index is 0.860. The molecule has 1 aromatic carbocycles. The van der Waals surface area contributed by atoms with Crippen LogP contribution in [0.5, 0.6) is 0 Å². The van der Waals surface area contributed by atoms with E-state index < -0.39 is 0 Å². The van der Waals surface area contributed by atoms with E-state index in [0.717, 1.165) is 23.8 Å². The quantitative estimate of drug-likeness (QED) is 0.771. The van der Waals surface area contributed by atoms with Gasteiger partial charge in [0, 0.05) is 6.54 Å². The van der Waals surface area contributed by atoms with Gasteiger partial charge in [0.05, 0.1) is 11.4 Å². The first-order valence-corrected chi connectivity index (χ1v) is 6.86. The highest BCUT2D eigenvalue weighted by Crippen LogP contribution is 2.26. The molecule has 0 bridgehead atoms. The molecule has 17 heavy (non-hydrogen) atoms. The standard InChI is InChI=1S/C15H24N2/c1-12-7-8-14(16)15(11-12)17-10-9-13-5-3-2-4-6-13/h7-8,11,13,17H,2-6,9-10,16H2,1H3. The zero-order valence-corrected chi connectivity index (χ0v) is 10.8. The third-order valence-electron chi connectivity index (χ3n) is 3.80. The van der Waals surface area contributed by atoms with Gasteiger partial charge in [0.25, 0.3) is 0 Å². The highest BCUT2D eigenvalue weighted by Gasteiger charge is 2.12. The fraction of sp³-hybridized carbons (Fsp3) is 0.600. The van der Waals surface area contributed by atoms with Crippen molar-refractivity contribution in [2.45, 2.75) is 45.4 Å². The molecule has 94 valence electrons.